The molecule has 0 saturated carbocycles. The van der Waals surface area contributed by atoms with Gasteiger partial charge in [0.1, 0.15) is 16.9 Å². The Labute approximate surface area is 158 Å². The van der Waals surface area contributed by atoms with Crippen molar-refractivity contribution in [2.75, 3.05) is 19.0 Å². The Morgan fingerprint density at radius 3 is 2.65 bits per heavy atom. The highest BCUT2D eigenvalue weighted by atomic mass is 32.2. The number of nitrogens with zero attached hydrogens (tertiary/aromatic N) is 4. The third-order valence-corrected chi connectivity index (χ3v) is 4.86. The average molecular weight is 381 g/mol. The Morgan fingerprint density at radius 2 is 1.88 bits per heavy atom. The molecule has 0 spiro atoms. The molecule has 0 saturated heterocycles. The van der Waals surface area contributed by atoms with Gasteiger partial charge in [0.15, 0.2) is 5.52 Å². The molecular formula is C18H28N4O3S. The van der Waals surface area contributed by atoms with Gasteiger partial charge in [-0.1, -0.05) is 50.8 Å². The molecule has 0 unspecified atom stereocenters. The lowest BCUT2D eigenvalue weighted by molar-refractivity contribution is -0.139. The van der Waals surface area contributed by atoms with E-state index in [4.69, 9.17) is 9.47 Å². The fourth-order valence-corrected chi connectivity index (χ4v) is 3.34. The minimum Gasteiger partial charge on any atom is -0.476 e. The molecule has 0 amide bonds. The van der Waals surface area contributed by atoms with E-state index in [0.717, 1.165) is 6.42 Å². The van der Waals surface area contributed by atoms with E-state index >= 15 is 0 Å². The van der Waals surface area contributed by atoms with Gasteiger partial charge in [-0.15, -0.1) is 0 Å². The summed E-state index contributed by atoms with van der Waals surface area (Å²) in [6.07, 6.45) is 8.77. The van der Waals surface area contributed by atoms with Gasteiger partial charge in [-0.25, -0.2) is 14.6 Å². The molecule has 8 heteroatoms. The summed E-state index contributed by atoms with van der Waals surface area (Å²) in [5, 5.41) is 5.13. The zero-order valence-corrected chi connectivity index (χ0v) is 16.7. The highest BCUT2D eigenvalue weighted by Crippen LogP contribution is 2.29. The number of hydrogen-bond acceptors (Lipinski definition) is 7. The Morgan fingerprint density at radius 1 is 1.12 bits per heavy atom. The van der Waals surface area contributed by atoms with E-state index in [-0.39, 0.29) is 11.7 Å². The minimum atomic E-state index is -0.264. The summed E-state index contributed by atoms with van der Waals surface area (Å²) in [5.41, 5.74) is 1.34. The summed E-state index contributed by atoms with van der Waals surface area (Å²) in [5.74, 6) is 0.582. The van der Waals surface area contributed by atoms with E-state index in [0.29, 0.717) is 35.2 Å². The predicted molar refractivity (Wildman–Crippen MR) is 103 cm³/mol. The van der Waals surface area contributed by atoms with Gasteiger partial charge < -0.3 is 9.47 Å². The van der Waals surface area contributed by atoms with Gasteiger partial charge >= 0.3 is 5.97 Å². The Bertz CT molecular complexity index is 705. The lowest BCUT2D eigenvalue weighted by atomic mass is 10.1. The number of aryl methyl sites for hydroxylation is 1. The summed E-state index contributed by atoms with van der Waals surface area (Å²) in [6.45, 7) is 5.03. The second-order valence-corrected chi connectivity index (χ2v) is 6.98. The number of carbonyl (C=O) groups is 1. The van der Waals surface area contributed by atoms with Crippen LogP contribution in [0.1, 0.15) is 52.4 Å². The standard InChI is InChI=1S/C18H28N4O3S/c1-4-6-7-8-9-10-11-25-18-16-15(21-22(18)3)17(20-13-19-16)26-12-14(23)24-5-2/h13H,4-12H2,1-3H3. The molecule has 26 heavy (non-hydrogen) atoms. The van der Waals surface area contributed by atoms with Crippen molar-refractivity contribution in [1.82, 2.24) is 19.7 Å². The van der Waals surface area contributed by atoms with Gasteiger partial charge in [-0.3, -0.25) is 4.79 Å². The molecule has 0 aromatic carbocycles. The number of esters is 1. The van der Waals surface area contributed by atoms with Crippen LogP contribution in [0.25, 0.3) is 11.0 Å². The second kappa shape index (κ2) is 11.0. The van der Waals surface area contributed by atoms with E-state index in [2.05, 4.69) is 22.0 Å². The number of rotatable bonds is 12. The number of unbranched alkanes of at least 4 members (excludes halogenated alkanes) is 5. The average Bonchev–Trinajstić information content (AvgIpc) is 2.95. The Kier molecular flexibility index (Phi) is 8.67. The first-order chi connectivity index (χ1) is 12.7. The number of aromatic nitrogens is 4. The largest absolute Gasteiger partial charge is 0.476 e. The number of thioether (sulfide) groups is 1. The SMILES string of the molecule is CCCCCCCCOc1c2ncnc(SCC(=O)OCC)c2nn1C. The second-order valence-electron chi connectivity index (χ2n) is 6.01. The van der Waals surface area contributed by atoms with Crippen LogP contribution in [0, 0.1) is 0 Å². The van der Waals surface area contributed by atoms with Crippen LogP contribution in [0.3, 0.4) is 0 Å². The van der Waals surface area contributed by atoms with Gasteiger partial charge in [0.25, 0.3) is 0 Å². The van der Waals surface area contributed by atoms with Crippen LogP contribution in [0.15, 0.2) is 11.4 Å². The molecule has 0 N–H and O–H groups in total. The van der Waals surface area contributed by atoms with Crippen molar-refractivity contribution < 1.29 is 14.3 Å². The van der Waals surface area contributed by atoms with Gasteiger partial charge in [0.05, 0.1) is 19.0 Å². The molecular weight excluding hydrogens is 352 g/mol. The molecule has 0 bridgehead atoms. The fourth-order valence-electron chi connectivity index (χ4n) is 2.61. The third kappa shape index (κ3) is 5.86. The quantitative estimate of drug-likeness (QED) is 0.240. The van der Waals surface area contributed by atoms with Crippen LogP contribution in [0.4, 0.5) is 0 Å². The highest BCUT2D eigenvalue weighted by Gasteiger charge is 2.17. The van der Waals surface area contributed by atoms with E-state index in [1.54, 1.807) is 11.6 Å². The molecule has 0 atom stereocenters. The van der Waals surface area contributed by atoms with Crippen LogP contribution in [-0.2, 0) is 16.6 Å². The monoisotopic (exact) mass is 380 g/mol. The van der Waals surface area contributed by atoms with Crippen LogP contribution in [0.2, 0.25) is 0 Å². The summed E-state index contributed by atoms with van der Waals surface area (Å²) in [6, 6.07) is 0. The highest BCUT2D eigenvalue weighted by molar-refractivity contribution is 8.00. The number of ether oxygens (including phenoxy) is 2. The van der Waals surface area contributed by atoms with Crippen LogP contribution >= 0.6 is 11.8 Å². The Balaban J connectivity index is 1.95. The minimum absolute atomic E-state index is 0.199. The zero-order chi connectivity index (χ0) is 18.8. The maximum absolute atomic E-state index is 11.6. The van der Waals surface area contributed by atoms with Crippen molar-refractivity contribution in [3.05, 3.63) is 6.33 Å². The molecule has 2 rings (SSSR count). The normalized spacial score (nSPS) is 11.0. The van der Waals surface area contributed by atoms with Gasteiger partial charge in [0.2, 0.25) is 5.88 Å². The molecule has 144 valence electrons. The van der Waals surface area contributed by atoms with E-state index in [1.807, 2.05) is 7.05 Å². The molecule has 0 fully saturated rings. The van der Waals surface area contributed by atoms with Gasteiger partial charge in [0, 0.05) is 7.05 Å². The first kappa shape index (κ1) is 20.5. The Hall–Kier alpha value is -1.83. The van der Waals surface area contributed by atoms with Crippen molar-refractivity contribution in [2.45, 2.75) is 57.4 Å². The lowest BCUT2D eigenvalue weighted by Gasteiger charge is -2.06. The summed E-state index contributed by atoms with van der Waals surface area (Å²) >= 11 is 1.30. The first-order valence-electron chi connectivity index (χ1n) is 9.26. The lowest BCUT2D eigenvalue weighted by Crippen LogP contribution is -2.06. The zero-order valence-electron chi connectivity index (χ0n) is 15.9. The van der Waals surface area contributed by atoms with E-state index < -0.39 is 0 Å². The van der Waals surface area contributed by atoms with Crippen molar-refractivity contribution in [3.63, 3.8) is 0 Å². The van der Waals surface area contributed by atoms with Crippen LogP contribution < -0.4 is 4.74 Å². The topological polar surface area (TPSA) is 79.1 Å². The van der Waals surface area contributed by atoms with Crippen molar-refractivity contribution >= 4 is 28.8 Å². The summed E-state index contributed by atoms with van der Waals surface area (Å²) in [7, 11) is 1.83. The van der Waals surface area contributed by atoms with Crippen molar-refractivity contribution in [1.29, 1.82) is 0 Å². The smallest absolute Gasteiger partial charge is 0.316 e. The number of carbonyl (C=O) groups excluding carboxylic acids is 1. The van der Waals surface area contributed by atoms with E-state index in [1.165, 1.54) is 50.2 Å². The molecule has 2 aromatic rings. The maximum atomic E-state index is 11.6. The van der Waals surface area contributed by atoms with Gasteiger partial charge in [-0.2, -0.15) is 5.10 Å². The molecule has 2 aromatic heterocycles. The molecule has 0 aliphatic heterocycles. The predicted octanol–water partition coefficient (Wildman–Crippen LogP) is 3.76. The molecule has 0 radical (unpaired) electrons. The molecule has 2 heterocycles. The van der Waals surface area contributed by atoms with Gasteiger partial charge in [-0.05, 0) is 13.3 Å². The molecule has 0 aliphatic rings. The van der Waals surface area contributed by atoms with Crippen molar-refractivity contribution in [3.8, 4) is 5.88 Å². The number of fused-ring (bicyclic) bond motifs is 1. The van der Waals surface area contributed by atoms with Crippen LogP contribution in [-0.4, -0.2) is 44.7 Å². The molecule has 0 aliphatic carbocycles. The first-order valence-corrected chi connectivity index (χ1v) is 10.2. The summed E-state index contributed by atoms with van der Waals surface area (Å²) < 4.78 is 12.6. The summed E-state index contributed by atoms with van der Waals surface area (Å²) in [4.78, 5) is 20.1. The van der Waals surface area contributed by atoms with Crippen molar-refractivity contribution in [2.24, 2.45) is 7.05 Å². The molecule has 7 nitrogen and oxygen atoms in total. The maximum Gasteiger partial charge on any atom is 0.316 e. The fraction of sp³-hybridized carbons (Fsp3) is 0.667. The third-order valence-electron chi connectivity index (χ3n) is 3.90. The van der Waals surface area contributed by atoms with E-state index in [9.17, 15) is 4.79 Å². The number of hydrogen-bond donors (Lipinski definition) is 0. The van der Waals surface area contributed by atoms with Crippen LogP contribution in [0.5, 0.6) is 5.88 Å².